The van der Waals surface area contributed by atoms with E-state index in [1.165, 1.54) is 16.9 Å². The zero-order valence-corrected chi connectivity index (χ0v) is 20.1. The Labute approximate surface area is 207 Å². The number of aromatic amines is 1. The summed E-state index contributed by atoms with van der Waals surface area (Å²) < 4.78 is 0. The molecule has 2 aromatic carbocycles. The van der Waals surface area contributed by atoms with Gasteiger partial charge in [-0.15, -0.1) is 11.3 Å². The summed E-state index contributed by atoms with van der Waals surface area (Å²) in [5.74, 6) is 0.971. The van der Waals surface area contributed by atoms with Crippen molar-refractivity contribution in [2.45, 2.75) is 12.5 Å². The molecule has 6 rings (SSSR count). The quantitative estimate of drug-likeness (QED) is 0.469. The second kappa shape index (κ2) is 9.24. The molecule has 35 heavy (non-hydrogen) atoms. The maximum absolute atomic E-state index is 13.1. The minimum absolute atomic E-state index is 0.0196. The fourth-order valence-corrected chi connectivity index (χ4v) is 5.46. The molecule has 4 heterocycles. The Morgan fingerprint density at radius 1 is 0.971 bits per heavy atom. The maximum atomic E-state index is 13.1. The molecule has 0 saturated carbocycles. The van der Waals surface area contributed by atoms with Crippen LogP contribution in [0.1, 0.15) is 31.5 Å². The third kappa shape index (κ3) is 4.44. The number of hydrogen-bond acceptors (Lipinski definition) is 6. The average Bonchev–Trinajstić information content (AvgIpc) is 3.53. The number of H-pyrrole nitrogens is 1. The molecule has 4 aromatic rings. The van der Waals surface area contributed by atoms with Crippen LogP contribution < -0.4 is 0 Å². The molecule has 8 nitrogen and oxygen atoms in total. The number of carbonyl (C=O) groups excluding carboxylic acids is 2. The highest BCUT2D eigenvalue weighted by Crippen LogP contribution is 2.22. The topological polar surface area (TPSA) is 85.4 Å². The molecule has 0 radical (unpaired) electrons. The van der Waals surface area contributed by atoms with Crippen molar-refractivity contribution in [3.8, 4) is 0 Å². The fourth-order valence-electron chi connectivity index (χ4n) is 4.86. The molecule has 0 unspecified atom stereocenters. The van der Waals surface area contributed by atoms with Gasteiger partial charge in [0.15, 0.2) is 5.01 Å². The number of imidazole rings is 1. The van der Waals surface area contributed by atoms with Crippen molar-refractivity contribution in [2.24, 2.45) is 0 Å². The van der Waals surface area contributed by atoms with E-state index in [0.29, 0.717) is 29.7 Å². The minimum Gasteiger partial charge on any atom is -0.342 e. The third-order valence-electron chi connectivity index (χ3n) is 6.87. The zero-order chi connectivity index (χ0) is 23.8. The number of benzene rings is 2. The highest BCUT2D eigenvalue weighted by Gasteiger charge is 2.37. The molecule has 2 aliphatic heterocycles. The smallest absolute Gasteiger partial charge is 0.282 e. The lowest BCUT2D eigenvalue weighted by Crippen LogP contribution is -2.64. The van der Waals surface area contributed by atoms with Crippen molar-refractivity contribution in [1.29, 1.82) is 0 Å². The Morgan fingerprint density at radius 2 is 1.77 bits per heavy atom. The molecular weight excluding hydrogens is 460 g/mol. The number of nitrogens with one attached hydrogen (secondary N) is 1. The van der Waals surface area contributed by atoms with Gasteiger partial charge in [-0.05, 0) is 23.8 Å². The van der Waals surface area contributed by atoms with Gasteiger partial charge >= 0.3 is 0 Å². The van der Waals surface area contributed by atoms with Crippen LogP contribution in [0.15, 0.2) is 60.1 Å². The Balaban J connectivity index is 1.04. The highest BCUT2D eigenvalue weighted by atomic mass is 32.1. The number of aromatic nitrogens is 3. The summed E-state index contributed by atoms with van der Waals surface area (Å²) in [6.45, 7) is 4.50. The van der Waals surface area contributed by atoms with Gasteiger partial charge in [-0.1, -0.05) is 30.3 Å². The molecule has 2 aliphatic rings. The van der Waals surface area contributed by atoms with Gasteiger partial charge in [0.1, 0.15) is 5.82 Å². The first-order valence-electron chi connectivity index (χ1n) is 11.9. The van der Waals surface area contributed by atoms with Crippen LogP contribution in [0.25, 0.3) is 11.0 Å². The van der Waals surface area contributed by atoms with Gasteiger partial charge in [0.25, 0.3) is 11.8 Å². The first-order chi connectivity index (χ1) is 17.1. The van der Waals surface area contributed by atoms with Gasteiger partial charge in [-0.3, -0.25) is 14.5 Å². The lowest BCUT2D eigenvalue weighted by atomic mass is 10.0. The summed E-state index contributed by atoms with van der Waals surface area (Å²) in [7, 11) is 0. The van der Waals surface area contributed by atoms with Crippen molar-refractivity contribution >= 4 is 34.2 Å². The van der Waals surface area contributed by atoms with E-state index < -0.39 is 0 Å². The second-order valence-corrected chi connectivity index (χ2v) is 10.0. The third-order valence-corrected chi connectivity index (χ3v) is 7.64. The van der Waals surface area contributed by atoms with E-state index in [-0.39, 0.29) is 11.8 Å². The molecule has 9 heteroatoms. The summed E-state index contributed by atoms with van der Waals surface area (Å²) in [4.78, 5) is 43.9. The van der Waals surface area contributed by atoms with Crippen LogP contribution in [0, 0.1) is 0 Å². The van der Waals surface area contributed by atoms with E-state index >= 15 is 0 Å². The van der Waals surface area contributed by atoms with E-state index in [4.69, 9.17) is 0 Å². The van der Waals surface area contributed by atoms with Crippen LogP contribution in [0.3, 0.4) is 0 Å². The van der Waals surface area contributed by atoms with Crippen molar-refractivity contribution in [2.75, 3.05) is 39.3 Å². The van der Waals surface area contributed by atoms with Crippen molar-refractivity contribution < 1.29 is 9.59 Å². The average molecular weight is 487 g/mol. The number of carbonyl (C=O) groups is 2. The Morgan fingerprint density at radius 3 is 2.51 bits per heavy atom. The number of likely N-dealkylation sites (tertiary alicyclic amines) is 1. The predicted molar refractivity (Wildman–Crippen MR) is 135 cm³/mol. The molecule has 178 valence electrons. The van der Waals surface area contributed by atoms with Gasteiger partial charge in [0.05, 0.1) is 11.0 Å². The number of fused-ring (bicyclic) bond motifs is 1. The second-order valence-electron chi connectivity index (χ2n) is 9.11. The molecule has 0 bridgehead atoms. The van der Waals surface area contributed by atoms with E-state index in [0.717, 1.165) is 49.5 Å². The predicted octanol–water partition coefficient (Wildman–Crippen LogP) is 2.89. The van der Waals surface area contributed by atoms with Gasteiger partial charge in [0, 0.05) is 68.9 Å². The summed E-state index contributed by atoms with van der Waals surface area (Å²) in [6.07, 6.45) is 2.40. The first-order valence-corrected chi connectivity index (χ1v) is 12.8. The Kier molecular flexibility index (Phi) is 5.79. The summed E-state index contributed by atoms with van der Waals surface area (Å²) in [5, 5.41) is 2.39. The number of hydrogen-bond donors (Lipinski definition) is 1. The maximum Gasteiger partial charge on any atom is 0.282 e. The molecule has 2 amide bonds. The molecule has 1 N–H and O–H groups in total. The van der Waals surface area contributed by atoms with Crippen LogP contribution in [0.4, 0.5) is 0 Å². The van der Waals surface area contributed by atoms with Crippen LogP contribution in [-0.2, 0) is 6.42 Å². The number of amides is 2. The van der Waals surface area contributed by atoms with E-state index in [1.807, 2.05) is 51.6 Å². The molecule has 0 aliphatic carbocycles. The van der Waals surface area contributed by atoms with Gasteiger partial charge in [0.2, 0.25) is 0 Å². The van der Waals surface area contributed by atoms with E-state index in [2.05, 4.69) is 32.0 Å². The largest absolute Gasteiger partial charge is 0.342 e. The van der Waals surface area contributed by atoms with Gasteiger partial charge in [-0.2, -0.15) is 0 Å². The summed E-state index contributed by atoms with van der Waals surface area (Å²) in [5.41, 5.74) is 3.64. The lowest BCUT2D eigenvalue weighted by Gasteiger charge is -2.48. The van der Waals surface area contributed by atoms with Gasteiger partial charge < -0.3 is 14.8 Å². The van der Waals surface area contributed by atoms with Crippen molar-refractivity contribution in [1.82, 2.24) is 29.7 Å². The number of thiazole rings is 1. The van der Waals surface area contributed by atoms with Crippen molar-refractivity contribution in [3.05, 3.63) is 82.1 Å². The zero-order valence-electron chi connectivity index (χ0n) is 19.3. The van der Waals surface area contributed by atoms with Crippen LogP contribution in [0.2, 0.25) is 0 Å². The minimum atomic E-state index is 0.0196. The van der Waals surface area contributed by atoms with E-state index in [1.54, 1.807) is 6.20 Å². The number of rotatable bonds is 5. The van der Waals surface area contributed by atoms with Crippen LogP contribution in [-0.4, -0.2) is 86.8 Å². The monoisotopic (exact) mass is 486 g/mol. The molecule has 0 spiro atoms. The standard InChI is InChI=1S/C26H26N6O2S/c33-25(19-6-7-21-22(15-19)29-23(28-21)14-18-4-2-1-3-5-18)32-16-20(17-32)30-9-11-31(12-10-30)26(34)24-27-8-13-35-24/h1-8,13,15,20H,9-12,14,16-17H2,(H,28,29). The number of piperazine rings is 1. The molecular formula is C26H26N6O2S. The Hall–Kier alpha value is -3.56. The molecule has 0 atom stereocenters. The summed E-state index contributed by atoms with van der Waals surface area (Å²) >= 11 is 1.38. The van der Waals surface area contributed by atoms with Crippen molar-refractivity contribution in [3.63, 3.8) is 0 Å². The normalized spacial score (nSPS) is 17.0. The summed E-state index contributed by atoms with van der Waals surface area (Å²) in [6, 6.07) is 16.3. The van der Waals surface area contributed by atoms with Crippen LogP contribution in [0.5, 0.6) is 0 Å². The first kappa shape index (κ1) is 21.9. The van der Waals surface area contributed by atoms with E-state index in [9.17, 15) is 9.59 Å². The number of nitrogens with zero attached hydrogens (tertiary/aromatic N) is 5. The SMILES string of the molecule is O=C(c1ccc2nc(Cc3ccccc3)[nH]c2c1)N1CC(N2CCN(C(=O)c3nccs3)CC2)C1. The fraction of sp³-hybridized carbons (Fsp3) is 0.308. The molecule has 2 fully saturated rings. The molecule has 2 saturated heterocycles. The lowest BCUT2D eigenvalue weighted by molar-refractivity contribution is 0.00854. The highest BCUT2D eigenvalue weighted by molar-refractivity contribution is 7.11. The molecule has 2 aromatic heterocycles. The van der Waals surface area contributed by atoms with Crippen LogP contribution >= 0.6 is 11.3 Å². The Bertz CT molecular complexity index is 1340. The van der Waals surface area contributed by atoms with Gasteiger partial charge in [-0.25, -0.2) is 9.97 Å².